The molecule has 0 aliphatic carbocycles. The monoisotopic (exact) mass is 506 g/mol. The van der Waals surface area contributed by atoms with E-state index in [1.165, 1.54) is 23.7 Å². The van der Waals surface area contributed by atoms with E-state index in [-0.39, 0.29) is 23.7 Å². The van der Waals surface area contributed by atoms with Crippen molar-refractivity contribution in [2.45, 2.75) is 62.9 Å². The lowest BCUT2D eigenvalue weighted by atomic mass is 10.0. The van der Waals surface area contributed by atoms with Gasteiger partial charge in [0, 0.05) is 17.8 Å². The summed E-state index contributed by atoms with van der Waals surface area (Å²) >= 11 is 1.38. The molecule has 1 aromatic carbocycles. The van der Waals surface area contributed by atoms with Crippen molar-refractivity contribution in [3.05, 3.63) is 47.0 Å². The Morgan fingerprint density at radius 2 is 1.94 bits per heavy atom. The molecule has 9 nitrogen and oxygen atoms in total. The second-order valence-electron chi connectivity index (χ2n) is 8.72. The Morgan fingerprint density at radius 1 is 1.21 bits per heavy atom. The highest BCUT2D eigenvalue weighted by molar-refractivity contribution is 7.89. The van der Waals surface area contributed by atoms with Crippen LogP contribution < -0.4 is 15.4 Å². The molecular formula is C23H30N4O5S2. The number of fused-ring (bicyclic) bond motifs is 2. The van der Waals surface area contributed by atoms with E-state index in [2.05, 4.69) is 19.7 Å². The number of aryl methyl sites for hydroxylation is 1. The van der Waals surface area contributed by atoms with Crippen LogP contribution in [0.1, 0.15) is 43.7 Å². The SMILES string of the molecule is CC(C)CC(NS(=O)(=O)c1ccccc1)C(=O)NC1CCCc2cc(sn2)CCNC(=O)C1=O. The number of carbonyl (C=O) groups excluding carboxylic acids is 3. The van der Waals surface area contributed by atoms with Crippen molar-refractivity contribution in [2.24, 2.45) is 5.92 Å². The van der Waals surface area contributed by atoms with Gasteiger partial charge in [0.1, 0.15) is 6.04 Å². The molecule has 1 aliphatic rings. The maximum absolute atomic E-state index is 13.2. The summed E-state index contributed by atoms with van der Waals surface area (Å²) in [5.41, 5.74) is 0.915. The van der Waals surface area contributed by atoms with Crippen LogP contribution in [-0.2, 0) is 37.2 Å². The lowest BCUT2D eigenvalue weighted by Gasteiger charge is -2.24. The van der Waals surface area contributed by atoms with Gasteiger partial charge in [-0.15, -0.1) is 0 Å². The largest absolute Gasteiger partial charge is 0.349 e. The first-order chi connectivity index (χ1) is 16.2. The van der Waals surface area contributed by atoms with E-state index in [1.54, 1.807) is 18.2 Å². The molecule has 0 spiro atoms. The molecular weight excluding hydrogens is 476 g/mol. The summed E-state index contributed by atoms with van der Waals surface area (Å²) in [5.74, 6) is -2.13. The number of carbonyl (C=O) groups is 3. The fourth-order valence-electron chi connectivity index (χ4n) is 3.70. The molecule has 2 bridgehead atoms. The molecule has 0 fully saturated rings. The molecule has 0 radical (unpaired) electrons. The van der Waals surface area contributed by atoms with E-state index in [1.807, 2.05) is 19.9 Å². The molecule has 1 aliphatic heterocycles. The van der Waals surface area contributed by atoms with Crippen LogP contribution in [0.4, 0.5) is 0 Å². The lowest BCUT2D eigenvalue weighted by Crippen LogP contribution is -2.54. The van der Waals surface area contributed by atoms with Crippen molar-refractivity contribution in [1.82, 2.24) is 19.7 Å². The zero-order chi connectivity index (χ0) is 24.7. The molecule has 3 rings (SSSR count). The number of amides is 2. The molecule has 2 atom stereocenters. The molecule has 184 valence electrons. The van der Waals surface area contributed by atoms with Crippen LogP contribution in [0.2, 0.25) is 0 Å². The summed E-state index contributed by atoms with van der Waals surface area (Å²) in [5, 5.41) is 5.24. The minimum absolute atomic E-state index is 0.00314. The molecule has 0 saturated heterocycles. The Kier molecular flexibility index (Phi) is 8.92. The van der Waals surface area contributed by atoms with E-state index >= 15 is 0 Å². The molecule has 2 heterocycles. The minimum atomic E-state index is -3.95. The van der Waals surface area contributed by atoms with Crippen molar-refractivity contribution in [3.8, 4) is 0 Å². The van der Waals surface area contributed by atoms with Crippen molar-refractivity contribution in [2.75, 3.05) is 6.54 Å². The van der Waals surface area contributed by atoms with Crippen LogP contribution in [0.3, 0.4) is 0 Å². The summed E-state index contributed by atoms with van der Waals surface area (Å²) in [7, 11) is -3.95. The third kappa shape index (κ3) is 7.18. The Labute approximate surface area is 203 Å². The first kappa shape index (κ1) is 26.0. The summed E-state index contributed by atoms with van der Waals surface area (Å²) in [6.07, 6.45) is 2.20. The van der Waals surface area contributed by atoms with Crippen molar-refractivity contribution in [3.63, 3.8) is 0 Å². The zero-order valence-electron chi connectivity index (χ0n) is 19.2. The molecule has 2 unspecified atom stereocenters. The van der Waals surface area contributed by atoms with E-state index in [9.17, 15) is 22.8 Å². The molecule has 1 aromatic heterocycles. The Morgan fingerprint density at radius 3 is 2.65 bits per heavy atom. The van der Waals surface area contributed by atoms with Crippen LogP contribution in [0, 0.1) is 5.92 Å². The number of benzene rings is 1. The smallest absolute Gasteiger partial charge is 0.289 e. The van der Waals surface area contributed by atoms with Crippen LogP contribution >= 0.6 is 11.5 Å². The summed E-state index contributed by atoms with van der Waals surface area (Å²) in [6.45, 7) is 4.03. The minimum Gasteiger partial charge on any atom is -0.349 e. The maximum atomic E-state index is 13.2. The maximum Gasteiger partial charge on any atom is 0.289 e. The van der Waals surface area contributed by atoms with Crippen molar-refractivity contribution >= 4 is 39.2 Å². The van der Waals surface area contributed by atoms with Crippen molar-refractivity contribution in [1.29, 1.82) is 0 Å². The molecule has 2 aromatic rings. The van der Waals surface area contributed by atoms with Gasteiger partial charge in [-0.05, 0) is 61.3 Å². The van der Waals surface area contributed by atoms with E-state index in [0.717, 1.165) is 10.6 Å². The molecule has 0 saturated carbocycles. The molecule has 3 N–H and O–H groups in total. The number of rotatable bonds is 7. The number of nitrogens with zero attached hydrogens (tertiary/aromatic N) is 1. The van der Waals surface area contributed by atoms with Gasteiger partial charge in [-0.2, -0.15) is 9.10 Å². The second-order valence-corrected chi connectivity index (χ2v) is 11.3. The number of Topliss-reactive ketones (excluding diaryl/α,β-unsaturated/α-hetero) is 1. The average molecular weight is 507 g/mol. The van der Waals surface area contributed by atoms with Gasteiger partial charge in [-0.1, -0.05) is 32.0 Å². The Bertz CT molecular complexity index is 1120. The van der Waals surface area contributed by atoms with Gasteiger partial charge in [-0.25, -0.2) is 8.42 Å². The third-order valence-corrected chi connectivity index (χ3v) is 7.79. The van der Waals surface area contributed by atoms with Crippen molar-refractivity contribution < 1.29 is 22.8 Å². The first-order valence-corrected chi connectivity index (χ1v) is 13.6. The van der Waals surface area contributed by atoms with Gasteiger partial charge in [0.15, 0.2) is 0 Å². The average Bonchev–Trinajstić information content (AvgIpc) is 3.24. The third-order valence-electron chi connectivity index (χ3n) is 5.42. The normalized spacial score (nSPS) is 18.5. The van der Waals surface area contributed by atoms with E-state index < -0.39 is 39.7 Å². The van der Waals surface area contributed by atoms with Gasteiger partial charge in [0.25, 0.3) is 5.91 Å². The standard InChI is InChI=1S/C23H30N4O5S2/c1-15(2)13-20(27-34(31,32)18-8-4-3-5-9-18)22(29)25-19-10-6-7-16-14-17(33-26-16)11-12-24-23(30)21(19)28/h3-5,8-9,14-15,19-20,27H,6-7,10-13H2,1-2H3,(H,24,30)(H,25,29). The number of ketones is 1. The fraction of sp³-hybridized carbons (Fsp3) is 0.478. The fourth-order valence-corrected chi connectivity index (χ4v) is 5.69. The summed E-state index contributed by atoms with van der Waals surface area (Å²) < 4.78 is 32.5. The predicted molar refractivity (Wildman–Crippen MR) is 129 cm³/mol. The number of hydrogen-bond donors (Lipinski definition) is 3. The van der Waals surface area contributed by atoms with Gasteiger partial charge in [0.2, 0.25) is 21.7 Å². The Hall–Kier alpha value is -2.63. The quantitative estimate of drug-likeness (QED) is 0.488. The van der Waals surface area contributed by atoms with Crippen LogP contribution in [0.15, 0.2) is 41.3 Å². The second kappa shape index (κ2) is 11.7. The number of nitrogens with one attached hydrogen (secondary N) is 3. The highest BCUT2D eigenvalue weighted by atomic mass is 32.2. The van der Waals surface area contributed by atoms with Crippen LogP contribution in [0.5, 0.6) is 0 Å². The Balaban J connectivity index is 1.76. The molecule has 2 amide bonds. The van der Waals surface area contributed by atoms with Gasteiger partial charge >= 0.3 is 0 Å². The van der Waals surface area contributed by atoms with Crippen LogP contribution in [-0.4, -0.2) is 49.0 Å². The molecule has 34 heavy (non-hydrogen) atoms. The number of aromatic nitrogens is 1. The van der Waals surface area contributed by atoms with E-state index in [4.69, 9.17) is 0 Å². The topological polar surface area (TPSA) is 134 Å². The van der Waals surface area contributed by atoms with Gasteiger partial charge in [-0.3, -0.25) is 14.4 Å². The van der Waals surface area contributed by atoms with Crippen LogP contribution in [0.25, 0.3) is 0 Å². The predicted octanol–water partition coefficient (Wildman–Crippen LogP) is 1.59. The number of hydrogen-bond acceptors (Lipinski definition) is 7. The summed E-state index contributed by atoms with van der Waals surface area (Å²) in [4.78, 5) is 39.5. The molecule has 11 heteroatoms. The van der Waals surface area contributed by atoms with Gasteiger partial charge in [0.05, 0.1) is 16.6 Å². The van der Waals surface area contributed by atoms with E-state index in [0.29, 0.717) is 25.8 Å². The highest BCUT2D eigenvalue weighted by Gasteiger charge is 2.32. The van der Waals surface area contributed by atoms with Gasteiger partial charge < -0.3 is 10.6 Å². The first-order valence-electron chi connectivity index (χ1n) is 11.3. The summed E-state index contributed by atoms with van der Waals surface area (Å²) in [6, 6.07) is 7.62. The highest BCUT2D eigenvalue weighted by Crippen LogP contribution is 2.16. The zero-order valence-corrected chi connectivity index (χ0v) is 20.9. The number of sulfonamides is 1. The lowest BCUT2D eigenvalue weighted by molar-refractivity contribution is -0.140.